The molecule has 6 N–H and O–H groups in total. The van der Waals surface area contributed by atoms with Crippen LogP contribution in [0.1, 0.15) is 361 Å². The summed E-state index contributed by atoms with van der Waals surface area (Å²) in [6, 6.07) is -1.02. The van der Waals surface area contributed by atoms with Crippen LogP contribution in [0.15, 0.2) is 48.6 Å². The molecule has 0 spiro atoms. The predicted molar refractivity (Wildman–Crippen MR) is 366 cm³/mol. The maximum absolute atomic E-state index is 13.5. The molecule has 0 aliphatic carbocycles. The zero-order valence-electron chi connectivity index (χ0n) is 56.9. The molecule has 1 rings (SSSR count). The van der Waals surface area contributed by atoms with E-state index in [0.717, 1.165) is 77.0 Å². The Morgan fingerprint density at radius 1 is 0.448 bits per heavy atom. The first-order chi connectivity index (χ1) is 42.7. The summed E-state index contributed by atoms with van der Waals surface area (Å²) >= 11 is 0. The number of aliphatic hydroxyl groups is 5. The van der Waals surface area contributed by atoms with Crippen LogP contribution in [0, 0.1) is 0 Å². The van der Waals surface area contributed by atoms with Crippen molar-refractivity contribution in [1.82, 2.24) is 5.32 Å². The number of aliphatic hydroxyl groups excluding tert-OH is 5. The molecule has 1 amide bonds. The normalized spacial score (nSPS) is 18.5. The van der Waals surface area contributed by atoms with Gasteiger partial charge < -0.3 is 45.1 Å². The quantitative estimate of drug-likeness (QED) is 0.0195. The molecule has 1 saturated heterocycles. The van der Waals surface area contributed by atoms with E-state index in [1.54, 1.807) is 6.08 Å². The summed E-state index contributed by atoms with van der Waals surface area (Å²) in [6.07, 6.45) is 70.1. The Morgan fingerprint density at radius 3 is 1.21 bits per heavy atom. The van der Waals surface area contributed by atoms with Gasteiger partial charge in [-0.05, 0) is 64.2 Å². The number of hydrogen-bond donors (Lipinski definition) is 6. The summed E-state index contributed by atoms with van der Waals surface area (Å²) in [4.78, 5) is 26.7. The van der Waals surface area contributed by atoms with Crippen molar-refractivity contribution < 1.29 is 49.3 Å². The minimum Gasteiger partial charge on any atom is -0.454 e. The number of rotatable bonds is 65. The largest absolute Gasteiger partial charge is 0.454 e. The van der Waals surface area contributed by atoms with Crippen molar-refractivity contribution in [3.05, 3.63) is 48.6 Å². The molecule has 0 radical (unpaired) electrons. The third-order valence-corrected chi connectivity index (χ3v) is 17.7. The second-order valence-electron chi connectivity index (χ2n) is 26.0. The number of esters is 1. The zero-order valence-corrected chi connectivity index (χ0v) is 56.9. The van der Waals surface area contributed by atoms with Crippen LogP contribution in [0.3, 0.4) is 0 Å². The molecule has 8 atom stereocenters. The highest BCUT2D eigenvalue weighted by atomic mass is 16.7. The Labute approximate surface area is 536 Å². The topological polar surface area (TPSA) is 175 Å². The summed E-state index contributed by atoms with van der Waals surface area (Å²) in [6.45, 7) is 5.83. The monoisotopic (exact) mass is 1230 g/mol. The molecule has 0 bridgehead atoms. The number of allylic oxidation sites excluding steroid dienone is 7. The maximum Gasteiger partial charge on any atom is 0.306 e. The van der Waals surface area contributed by atoms with E-state index in [4.69, 9.17) is 14.2 Å². The van der Waals surface area contributed by atoms with Crippen molar-refractivity contribution in [2.75, 3.05) is 13.2 Å². The van der Waals surface area contributed by atoms with E-state index < -0.39 is 67.4 Å². The van der Waals surface area contributed by atoms with E-state index in [-0.39, 0.29) is 13.0 Å². The van der Waals surface area contributed by atoms with Gasteiger partial charge in [0.05, 0.1) is 25.4 Å². The predicted octanol–water partition coefficient (Wildman–Crippen LogP) is 19.5. The van der Waals surface area contributed by atoms with Crippen LogP contribution in [0.4, 0.5) is 0 Å². The number of carbonyl (C=O) groups is 2. The van der Waals surface area contributed by atoms with E-state index >= 15 is 0 Å². The van der Waals surface area contributed by atoms with Crippen molar-refractivity contribution >= 4 is 11.9 Å². The summed E-state index contributed by atoms with van der Waals surface area (Å²) in [5.74, 6) is -1.18. The molecule has 1 aliphatic rings. The van der Waals surface area contributed by atoms with Gasteiger partial charge in [-0.1, -0.05) is 339 Å². The van der Waals surface area contributed by atoms with E-state index in [1.807, 2.05) is 6.08 Å². The first kappa shape index (κ1) is 82.6. The van der Waals surface area contributed by atoms with Crippen molar-refractivity contribution in [2.24, 2.45) is 0 Å². The molecule has 11 nitrogen and oxygen atoms in total. The number of nitrogens with one attached hydrogen (secondary N) is 1. The number of ether oxygens (including phenoxy) is 3. The van der Waals surface area contributed by atoms with Crippen LogP contribution in [-0.4, -0.2) is 99.6 Å². The van der Waals surface area contributed by atoms with Gasteiger partial charge in [-0.15, -0.1) is 0 Å². The third kappa shape index (κ3) is 50.9. The summed E-state index contributed by atoms with van der Waals surface area (Å²) < 4.78 is 17.7. The molecule has 11 heteroatoms. The number of amides is 1. The smallest absolute Gasteiger partial charge is 0.306 e. The Bertz CT molecular complexity index is 1600. The summed E-state index contributed by atoms with van der Waals surface area (Å²) in [5, 5.41) is 57.4. The lowest BCUT2D eigenvalue weighted by atomic mass is 9.99. The lowest BCUT2D eigenvalue weighted by Gasteiger charge is -2.41. The minimum absolute atomic E-state index is 0.129. The number of unbranched alkanes of at least 4 members (excludes halogenated alkanes) is 45. The van der Waals surface area contributed by atoms with E-state index in [1.165, 1.54) is 238 Å². The van der Waals surface area contributed by atoms with Gasteiger partial charge in [0.1, 0.15) is 24.4 Å². The molecule has 1 aliphatic heterocycles. The van der Waals surface area contributed by atoms with Crippen molar-refractivity contribution in [3.8, 4) is 0 Å². The molecule has 1 fully saturated rings. The number of hydrogen-bond acceptors (Lipinski definition) is 10. The van der Waals surface area contributed by atoms with Gasteiger partial charge in [0, 0.05) is 6.42 Å². The first-order valence-corrected chi connectivity index (χ1v) is 37.4. The van der Waals surface area contributed by atoms with Crippen molar-refractivity contribution in [3.63, 3.8) is 0 Å². The zero-order chi connectivity index (χ0) is 63.1. The molecular weight excluding hydrogens is 1090 g/mol. The molecule has 87 heavy (non-hydrogen) atoms. The molecule has 8 unspecified atom stereocenters. The highest BCUT2D eigenvalue weighted by Crippen LogP contribution is 2.27. The third-order valence-electron chi connectivity index (χ3n) is 17.7. The molecule has 0 aromatic carbocycles. The fourth-order valence-electron chi connectivity index (χ4n) is 11.8. The summed E-state index contributed by atoms with van der Waals surface area (Å²) in [7, 11) is 0. The molecule has 0 aromatic rings. The van der Waals surface area contributed by atoms with Crippen LogP contribution in [-0.2, 0) is 23.8 Å². The van der Waals surface area contributed by atoms with Gasteiger partial charge in [0.15, 0.2) is 12.4 Å². The van der Waals surface area contributed by atoms with Gasteiger partial charge in [-0.2, -0.15) is 0 Å². The average Bonchev–Trinajstić information content (AvgIpc) is 1.53. The highest BCUT2D eigenvalue weighted by molar-refractivity contribution is 5.80. The van der Waals surface area contributed by atoms with E-state index in [9.17, 15) is 35.1 Å². The van der Waals surface area contributed by atoms with E-state index in [2.05, 4.69) is 62.5 Å². The van der Waals surface area contributed by atoms with Gasteiger partial charge in [-0.3, -0.25) is 9.59 Å². The van der Waals surface area contributed by atoms with Crippen LogP contribution in [0.5, 0.6) is 0 Å². The Morgan fingerprint density at radius 2 is 0.793 bits per heavy atom. The first-order valence-electron chi connectivity index (χ1n) is 37.4. The SMILES string of the molecule is CCCCC/C=C\C/C=C\C/C=C\CCCCCCCCCCCCCC(O)C(=O)NC(COC1OC(CO)C(O)C(O)C1OC(=O)CCCCCCCCCCCCCCCCCCCCCCC)C(O)/C=C/CCCCCCCCCCCCC. The second-order valence-corrected chi connectivity index (χ2v) is 26.0. The Balaban J connectivity index is 2.56. The molecular formula is C76H141NO10. The standard InChI is InChI=1S/C76H141NO10/c1-4-7-10-13-16-19-22-25-27-29-31-33-34-35-37-38-40-42-45-48-51-54-57-60-63-69(80)75(84)77-67(68(79)62-59-56-53-50-47-44-24-21-18-15-12-9-6-3)66-85-76-74(73(83)72(82)70(65-78)86-76)87-71(81)64-61-58-55-52-49-46-43-41-39-36-32-30-28-26-23-20-17-14-11-8-5-2/h16,19,25,27,31,33,59,62,67-70,72-74,76,78-80,82-83H,4-15,17-18,20-24,26,28-30,32,34-58,60-61,63-66H2,1-3H3,(H,77,84)/b19-16-,27-25-,33-31-,62-59+. The Hall–Kier alpha value is -2.38. The van der Waals surface area contributed by atoms with Crippen LogP contribution in [0.2, 0.25) is 0 Å². The number of carbonyl (C=O) groups excluding carboxylic acids is 2. The van der Waals surface area contributed by atoms with Crippen LogP contribution in [0.25, 0.3) is 0 Å². The minimum atomic E-state index is -1.61. The van der Waals surface area contributed by atoms with Gasteiger partial charge in [0.25, 0.3) is 0 Å². The summed E-state index contributed by atoms with van der Waals surface area (Å²) in [5.41, 5.74) is 0. The van der Waals surface area contributed by atoms with E-state index in [0.29, 0.717) is 19.3 Å². The lowest BCUT2D eigenvalue weighted by molar-refractivity contribution is -0.305. The molecule has 1 heterocycles. The van der Waals surface area contributed by atoms with Gasteiger partial charge in [-0.25, -0.2) is 0 Å². The lowest BCUT2D eigenvalue weighted by Crippen LogP contribution is -2.61. The van der Waals surface area contributed by atoms with Crippen LogP contribution < -0.4 is 5.32 Å². The van der Waals surface area contributed by atoms with Crippen molar-refractivity contribution in [2.45, 2.75) is 410 Å². The van der Waals surface area contributed by atoms with Crippen LogP contribution >= 0.6 is 0 Å². The second kappa shape index (κ2) is 63.8. The fraction of sp³-hybridized carbons (Fsp3) is 0.868. The molecule has 0 aromatic heterocycles. The molecule has 510 valence electrons. The highest BCUT2D eigenvalue weighted by Gasteiger charge is 2.47. The van der Waals surface area contributed by atoms with Gasteiger partial charge >= 0.3 is 5.97 Å². The Kier molecular flexibility index (Phi) is 60.6. The van der Waals surface area contributed by atoms with Gasteiger partial charge in [0.2, 0.25) is 5.91 Å². The fourth-order valence-corrected chi connectivity index (χ4v) is 11.8. The maximum atomic E-state index is 13.5. The molecule has 0 saturated carbocycles. The van der Waals surface area contributed by atoms with Crippen molar-refractivity contribution in [1.29, 1.82) is 0 Å². The average molecular weight is 1230 g/mol.